The van der Waals surface area contributed by atoms with Gasteiger partial charge in [0.15, 0.2) is 6.04 Å². The highest BCUT2D eigenvalue weighted by atomic mass is 35.5. The number of hydrogen-bond acceptors (Lipinski definition) is 3. The van der Waals surface area contributed by atoms with Crippen LogP contribution in [0.4, 0.5) is 4.79 Å². The summed E-state index contributed by atoms with van der Waals surface area (Å²) < 4.78 is 0. The van der Waals surface area contributed by atoms with Gasteiger partial charge in [-0.2, -0.15) is 0 Å². The topological polar surface area (TPSA) is 104 Å². The molecule has 0 radical (unpaired) electrons. The van der Waals surface area contributed by atoms with Gasteiger partial charge >= 0.3 is 12.0 Å². The SMILES string of the molecule is NCCCNC(=O)N[C@@H](C(=O)O)c1ccccc1Cl. The summed E-state index contributed by atoms with van der Waals surface area (Å²) in [6.45, 7) is 0.838. The number of aliphatic carboxylic acids is 1. The molecule has 0 aliphatic rings. The number of carboxylic acids is 1. The summed E-state index contributed by atoms with van der Waals surface area (Å²) in [4.78, 5) is 22.7. The van der Waals surface area contributed by atoms with Crippen LogP contribution in [0.1, 0.15) is 18.0 Å². The van der Waals surface area contributed by atoms with Gasteiger partial charge in [0.1, 0.15) is 0 Å². The first-order chi connectivity index (χ1) is 9.06. The number of nitrogens with two attached hydrogens (primary N) is 1. The number of hydrogen-bond donors (Lipinski definition) is 4. The van der Waals surface area contributed by atoms with Crippen LogP contribution >= 0.6 is 11.6 Å². The number of rotatable bonds is 6. The zero-order valence-corrected chi connectivity index (χ0v) is 11.0. The van der Waals surface area contributed by atoms with E-state index in [1.54, 1.807) is 24.3 Å². The standard InChI is InChI=1S/C12H16ClN3O3/c13-9-5-2-1-4-8(9)10(11(17)18)16-12(19)15-7-3-6-14/h1-2,4-5,10H,3,6-7,14H2,(H,17,18)(H2,15,16,19)/t10-/m1/s1. The van der Waals surface area contributed by atoms with E-state index >= 15 is 0 Å². The molecule has 2 amide bonds. The Morgan fingerprint density at radius 3 is 2.63 bits per heavy atom. The number of benzene rings is 1. The minimum atomic E-state index is -1.19. The van der Waals surface area contributed by atoms with Crippen LogP contribution in [0.15, 0.2) is 24.3 Å². The normalized spacial score (nSPS) is 11.7. The smallest absolute Gasteiger partial charge is 0.331 e. The third kappa shape index (κ3) is 4.76. The van der Waals surface area contributed by atoms with Gasteiger partial charge in [0.2, 0.25) is 0 Å². The number of urea groups is 1. The van der Waals surface area contributed by atoms with Crippen molar-refractivity contribution in [2.24, 2.45) is 5.73 Å². The predicted octanol–water partition coefficient (Wildman–Crippen LogP) is 1.11. The molecule has 5 N–H and O–H groups in total. The summed E-state index contributed by atoms with van der Waals surface area (Å²) in [6, 6.07) is 4.71. The number of carbonyl (C=O) groups is 2. The summed E-state index contributed by atoms with van der Waals surface area (Å²) in [5.74, 6) is -1.18. The molecule has 1 aromatic carbocycles. The van der Waals surface area contributed by atoms with Crippen LogP contribution in [0, 0.1) is 0 Å². The van der Waals surface area contributed by atoms with E-state index in [1.165, 1.54) is 0 Å². The number of nitrogens with one attached hydrogen (secondary N) is 2. The average Bonchev–Trinajstić information content (AvgIpc) is 2.37. The molecule has 1 atom stereocenters. The van der Waals surface area contributed by atoms with Crippen LogP contribution in [0.3, 0.4) is 0 Å². The molecule has 6 nitrogen and oxygen atoms in total. The lowest BCUT2D eigenvalue weighted by molar-refractivity contribution is -0.139. The Bertz CT molecular complexity index is 454. The van der Waals surface area contributed by atoms with Crippen molar-refractivity contribution < 1.29 is 14.7 Å². The lowest BCUT2D eigenvalue weighted by atomic mass is 10.1. The van der Waals surface area contributed by atoms with Gasteiger partial charge in [-0.15, -0.1) is 0 Å². The summed E-state index contributed by atoms with van der Waals surface area (Å²) in [7, 11) is 0. The van der Waals surface area contributed by atoms with Gasteiger partial charge in [-0.1, -0.05) is 29.8 Å². The Morgan fingerprint density at radius 1 is 1.37 bits per heavy atom. The molecular formula is C12H16ClN3O3. The Kier molecular flexibility index (Phi) is 6.11. The maximum Gasteiger partial charge on any atom is 0.331 e. The number of carbonyl (C=O) groups excluding carboxylic acids is 1. The fourth-order valence-electron chi connectivity index (χ4n) is 1.47. The number of amides is 2. The maximum atomic E-state index is 11.5. The van der Waals surface area contributed by atoms with Crippen molar-refractivity contribution in [1.82, 2.24) is 10.6 Å². The fraction of sp³-hybridized carbons (Fsp3) is 0.333. The van der Waals surface area contributed by atoms with Crippen LogP contribution in [0.25, 0.3) is 0 Å². The molecule has 1 rings (SSSR count). The van der Waals surface area contributed by atoms with Gasteiger partial charge in [-0.05, 0) is 19.0 Å². The van der Waals surface area contributed by atoms with Crippen molar-refractivity contribution >= 4 is 23.6 Å². The fourth-order valence-corrected chi connectivity index (χ4v) is 1.71. The van der Waals surface area contributed by atoms with E-state index in [9.17, 15) is 9.59 Å². The molecule has 1 aromatic rings. The van der Waals surface area contributed by atoms with E-state index in [0.717, 1.165) is 0 Å². The Labute approximate surface area is 115 Å². The zero-order valence-electron chi connectivity index (χ0n) is 10.2. The van der Waals surface area contributed by atoms with Crippen molar-refractivity contribution in [2.45, 2.75) is 12.5 Å². The molecule has 19 heavy (non-hydrogen) atoms. The molecule has 104 valence electrons. The number of carboxylic acid groups (broad SMARTS) is 1. The van der Waals surface area contributed by atoms with E-state index < -0.39 is 18.0 Å². The Balaban J connectivity index is 2.72. The molecule has 7 heteroatoms. The van der Waals surface area contributed by atoms with E-state index in [4.69, 9.17) is 22.4 Å². The molecule has 0 saturated heterocycles. The quantitative estimate of drug-likeness (QED) is 0.588. The predicted molar refractivity (Wildman–Crippen MR) is 72.0 cm³/mol. The van der Waals surface area contributed by atoms with E-state index in [-0.39, 0.29) is 5.02 Å². The van der Waals surface area contributed by atoms with Gasteiger partial charge in [-0.3, -0.25) is 0 Å². The van der Waals surface area contributed by atoms with Crippen molar-refractivity contribution in [3.8, 4) is 0 Å². The minimum Gasteiger partial charge on any atom is -0.479 e. The first-order valence-electron chi connectivity index (χ1n) is 5.78. The molecule has 0 fully saturated rings. The average molecular weight is 286 g/mol. The molecule has 0 heterocycles. The van der Waals surface area contributed by atoms with E-state index in [1.807, 2.05) is 0 Å². The molecule has 0 aliphatic carbocycles. The van der Waals surface area contributed by atoms with Gasteiger partial charge < -0.3 is 21.5 Å². The molecule has 0 aromatic heterocycles. The molecule has 0 spiro atoms. The third-order valence-corrected chi connectivity index (χ3v) is 2.75. The summed E-state index contributed by atoms with van der Waals surface area (Å²) in [5, 5.41) is 14.3. The number of halogens is 1. The van der Waals surface area contributed by atoms with Gasteiger partial charge in [0.25, 0.3) is 0 Å². The molecule has 0 bridgehead atoms. The second-order valence-electron chi connectivity index (χ2n) is 3.84. The summed E-state index contributed by atoms with van der Waals surface area (Å²) in [5.41, 5.74) is 5.63. The summed E-state index contributed by atoms with van der Waals surface area (Å²) in [6.07, 6.45) is 0.622. The Morgan fingerprint density at radius 2 is 2.05 bits per heavy atom. The van der Waals surface area contributed by atoms with Crippen LogP contribution < -0.4 is 16.4 Å². The third-order valence-electron chi connectivity index (χ3n) is 2.41. The monoisotopic (exact) mass is 285 g/mol. The Hall–Kier alpha value is -1.79. The molecular weight excluding hydrogens is 270 g/mol. The molecule has 0 saturated carbocycles. The van der Waals surface area contributed by atoms with Crippen LogP contribution in [0.5, 0.6) is 0 Å². The summed E-state index contributed by atoms with van der Waals surface area (Å²) >= 11 is 5.92. The first-order valence-corrected chi connectivity index (χ1v) is 6.15. The second-order valence-corrected chi connectivity index (χ2v) is 4.24. The van der Waals surface area contributed by atoms with E-state index in [0.29, 0.717) is 25.1 Å². The van der Waals surface area contributed by atoms with Gasteiger partial charge in [-0.25, -0.2) is 9.59 Å². The van der Waals surface area contributed by atoms with Gasteiger partial charge in [0, 0.05) is 17.1 Å². The molecule has 0 aliphatic heterocycles. The highest BCUT2D eigenvalue weighted by molar-refractivity contribution is 6.31. The first kappa shape index (κ1) is 15.3. The highest BCUT2D eigenvalue weighted by Crippen LogP contribution is 2.22. The van der Waals surface area contributed by atoms with Crippen molar-refractivity contribution in [3.63, 3.8) is 0 Å². The van der Waals surface area contributed by atoms with Crippen molar-refractivity contribution in [2.75, 3.05) is 13.1 Å². The van der Waals surface area contributed by atoms with Gasteiger partial charge in [0.05, 0.1) is 0 Å². The van der Waals surface area contributed by atoms with Crippen LogP contribution in [0.2, 0.25) is 5.02 Å². The maximum absolute atomic E-state index is 11.5. The lowest BCUT2D eigenvalue weighted by Crippen LogP contribution is -2.41. The van der Waals surface area contributed by atoms with Crippen LogP contribution in [-0.2, 0) is 4.79 Å². The largest absolute Gasteiger partial charge is 0.479 e. The lowest BCUT2D eigenvalue weighted by Gasteiger charge is -2.16. The highest BCUT2D eigenvalue weighted by Gasteiger charge is 2.23. The second kappa shape index (κ2) is 7.60. The van der Waals surface area contributed by atoms with E-state index in [2.05, 4.69) is 10.6 Å². The minimum absolute atomic E-state index is 0.289. The van der Waals surface area contributed by atoms with Crippen LogP contribution in [-0.4, -0.2) is 30.2 Å². The van der Waals surface area contributed by atoms with Crippen molar-refractivity contribution in [1.29, 1.82) is 0 Å². The zero-order chi connectivity index (χ0) is 14.3. The molecule has 0 unspecified atom stereocenters. The van der Waals surface area contributed by atoms with Crippen molar-refractivity contribution in [3.05, 3.63) is 34.9 Å².